The first-order chi connectivity index (χ1) is 13.5. The zero-order valence-corrected chi connectivity index (χ0v) is 17.0. The summed E-state index contributed by atoms with van der Waals surface area (Å²) in [6.45, 7) is 1.14. The van der Waals surface area contributed by atoms with Gasteiger partial charge >= 0.3 is 5.97 Å². The zero-order chi connectivity index (χ0) is 20.1. The molecule has 0 fully saturated rings. The van der Waals surface area contributed by atoms with Crippen LogP contribution in [0.3, 0.4) is 0 Å². The third-order valence-electron chi connectivity index (χ3n) is 4.60. The van der Waals surface area contributed by atoms with Crippen molar-refractivity contribution >= 4 is 46.4 Å². The number of amides is 2. The number of fused-ring (bicyclic) bond motifs is 1. The van der Waals surface area contributed by atoms with Crippen LogP contribution in [0.25, 0.3) is 0 Å². The average Bonchev–Trinajstić information content (AvgIpc) is 3.12. The Labute approximate surface area is 172 Å². The Morgan fingerprint density at radius 3 is 2.79 bits per heavy atom. The molecular weight excluding hydrogens is 400 g/mol. The van der Waals surface area contributed by atoms with Gasteiger partial charge in [-0.2, -0.15) is 0 Å². The van der Waals surface area contributed by atoms with E-state index in [0.29, 0.717) is 16.3 Å². The molecule has 2 amide bonds. The lowest BCUT2D eigenvalue weighted by molar-refractivity contribution is -0.126. The quantitative estimate of drug-likeness (QED) is 0.700. The van der Waals surface area contributed by atoms with Gasteiger partial charge in [-0.3, -0.25) is 9.59 Å². The molecular formula is C20H21ClN2O4S. The summed E-state index contributed by atoms with van der Waals surface area (Å²) in [6, 6.07) is 5.18. The molecule has 1 aromatic heterocycles. The van der Waals surface area contributed by atoms with Gasteiger partial charge in [-0.15, -0.1) is 11.3 Å². The Balaban J connectivity index is 1.44. The first-order valence-corrected chi connectivity index (χ1v) is 10.3. The van der Waals surface area contributed by atoms with Crippen molar-refractivity contribution in [3.05, 3.63) is 50.2 Å². The summed E-state index contributed by atoms with van der Waals surface area (Å²) in [5, 5.41) is 7.47. The number of rotatable bonds is 6. The molecule has 2 aromatic rings. The van der Waals surface area contributed by atoms with Crippen molar-refractivity contribution in [3.63, 3.8) is 0 Å². The summed E-state index contributed by atoms with van der Waals surface area (Å²) in [6.07, 6.45) is 4.07. The molecule has 148 valence electrons. The van der Waals surface area contributed by atoms with E-state index in [0.717, 1.165) is 36.8 Å². The van der Waals surface area contributed by atoms with Gasteiger partial charge in [0.25, 0.3) is 5.91 Å². The summed E-state index contributed by atoms with van der Waals surface area (Å²) in [4.78, 5) is 37.4. The Bertz CT molecular complexity index is 910. The van der Waals surface area contributed by atoms with Crippen LogP contribution in [0.2, 0.25) is 5.02 Å². The van der Waals surface area contributed by atoms with Gasteiger partial charge in [0.2, 0.25) is 5.91 Å². The monoisotopic (exact) mass is 420 g/mol. The van der Waals surface area contributed by atoms with Crippen LogP contribution in [0.4, 0.5) is 5.69 Å². The Hall–Kier alpha value is -2.38. The van der Waals surface area contributed by atoms with E-state index in [-0.39, 0.29) is 6.54 Å². The summed E-state index contributed by atoms with van der Waals surface area (Å²) < 4.78 is 5.11. The zero-order valence-electron chi connectivity index (χ0n) is 15.5. The topological polar surface area (TPSA) is 84.5 Å². The largest absolute Gasteiger partial charge is 0.452 e. The van der Waals surface area contributed by atoms with Crippen LogP contribution in [0.5, 0.6) is 0 Å². The number of benzene rings is 1. The number of aryl methyl sites for hydroxylation is 1. The maximum Gasteiger partial charge on any atom is 0.339 e. The van der Waals surface area contributed by atoms with Gasteiger partial charge in [-0.05, 0) is 55.9 Å². The van der Waals surface area contributed by atoms with Gasteiger partial charge in [0.15, 0.2) is 6.61 Å². The van der Waals surface area contributed by atoms with Gasteiger partial charge in [0.05, 0.1) is 12.1 Å². The molecule has 0 aliphatic heterocycles. The normalized spacial score (nSPS) is 12.8. The predicted molar refractivity (Wildman–Crippen MR) is 109 cm³/mol. The number of halogens is 1. The maximum atomic E-state index is 12.2. The van der Waals surface area contributed by atoms with Crippen LogP contribution in [0, 0.1) is 6.92 Å². The van der Waals surface area contributed by atoms with Crippen molar-refractivity contribution in [1.29, 1.82) is 0 Å². The fourth-order valence-electron chi connectivity index (χ4n) is 3.04. The third-order valence-corrected chi connectivity index (χ3v) is 6.10. The van der Waals surface area contributed by atoms with Crippen LogP contribution in [-0.4, -0.2) is 30.9 Å². The summed E-state index contributed by atoms with van der Waals surface area (Å²) >= 11 is 7.58. The molecule has 8 heteroatoms. The summed E-state index contributed by atoms with van der Waals surface area (Å²) in [5.74, 6) is -1.42. The van der Waals surface area contributed by atoms with E-state index in [9.17, 15) is 14.4 Å². The molecule has 0 unspecified atom stereocenters. The third kappa shape index (κ3) is 4.91. The van der Waals surface area contributed by atoms with E-state index in [1.165, 1.54) is 4.88 Å². The van der Waals surface area contributed by atoms with Gasteiger partial charge in [0.1, 0.15) is 0 Å². The van der Waals surface area contributed by atoms with Gasteiger partial charge in [-0.1, -0.05) is 17.7 Å². The Morgan fingerprint density at radius 1 is 1.18 bits per heavy atom. The first kappa shape index (κ1) is 20.4. The molecule has 0 bridgehead atoms. The van der Waals surface area contributed by atoms with Crippen LogP contribution in [0.1, 0.15) is 39.2 Å². The van der Waals surface area contributed by atoms with Crippen LogP contribution < -0.4 is 10.6 Å². The van der Waals surface area contributed by atoms with E-state index in [1.54, 1.807) is 41.8 Å². The predicted octanol–water partition coefficient (Wildman–Crippen LogP) is 3.50. The molecule has 1 aromatic carbocycles. The molecule has 28 heavy (non-hydrogen) atoms. The lowest BCUT2D eigenvalue weighted by Crippen LogP contribution is -2.35. The minimum atomic E-state index is -0.532. The molecule has 6 nitrogen and oxygen atoms in total. The van der Waals surface area contributed by atoms with Crippen molar-refractivity contribution in [2.75, 3.05) is 18.5 Å². The molecule has 0 saturated carbocycles. The highest BCUT2D eigenvalue weighted by molar-refractivity contribution is 7.10. The minimum Gasteiger partial charge on any atom is -0.452 e. The van der Waals surface area contributed by atoms with Crippen molar-refractivity contribution in [1.82, 2.24) is 5.32 Å². The number of thiophene rings is 1. The highest BCUT2D eigenvalue weighted by atomic mass is 35.5. The molecule has 0 spiro atoms. The number of hydrogen-bond donors (Lipinski definition) is 2. The molecule has 3 rings (SSSR count). The number of carbonyl (C=O) groups excluding carboxylic acids is 3. The fraction of sp³-hybridized carbons (Fsp3) is 0.350. The molecule has 0 radical (unpaired) electrons. The van der Waals surface area contributed by atoms with Crippen molar-refractivity contribution < 1.29 is 19.1 Å². The molecule has 1 aliphatic carbocycles. The Morgan fingerprint density at radius 2 is 1.96 bits per heavy atom. The van der Waals surface area contributed by atoms with Crippen molar-refractivity contribution in [3.8, 4) is 0 Å². The van der Waals surface area contributed by atoms with E-state index in [2.05, 4.69) is 10.6 Å². The molecule has 1 heterocycles. The van der Waals surface area contributed by atoms with Crippen LogP contribution >= 0.6 is 22.9 Å². The second-order valence-corrected chi connectivity index (χ2v) is 7.94. The smallest absolute Gasteiger partial charge is 0.339 e. The van der Waals surface area contributed by atoms with Crippen molar-refractivity contribution in [2.24, 2.45) is 0 Å². The standard InChI is InChI=1S/C20H21ClN2O4S/c1-12-15(21)6-4-7-16(12)23-18(24)9-22-19(25)10-27-20(26)14-11-28-17-8-3-2-5-13(14)17/h4,6-7,11H,2-3,5,8-10H2,1H3,(H,22,25)(H,23,24). The first-order valence-electron chi connectivity index (χ1n) is 9.03. The number of anilines is 1. The number of nitrogens with one attached hydrogen (secondary N) is 2. The highest BCUT2D eigenvalue weighted by Gasteiger charge is 2.21. The number of ether oxygens (including phenoxy) is 1. The lowest BCUT2D eigenvalue weighted by atomic mass is 9.96. The van der Waals surface area contributed by atoms with E-state index < -0.39 is 24.4 Å². The number of esters is 1. The van der Waals surface area contributed by atoms with E-state index in [4.69, 9.17) is 16.3 Å². The highest BCUT2D eigenvalue weighted by Crippen LogP contribution is 2.30. The minimum absolute atomic E-state index is 0.226. The summed E-state index contributed by atoms with van der Waals surface area (Å²) in [7, 11) is 0. The molecule has 2 N–H and O–H groups in total. The molecule has 0 atom stereocenters. The second-order valence-electron chi connectivity index (χ2n) is 6.57. The molecule has 1 aliphatic rings. The summed E-state index contributed by atoms with van der Waals surface area (Å²) in [5.41, 5.74) is 2.94. The lowest BCUT2D eigenvalue weighted by Gasteiger charge is -2.12. The number of carbonyl (C=O) groups is 3. The average molecular weight is 421 g/mol. The maximum absolute atomic E-state index is 12.2. The van der Waals surface area contributed by atoms with E-state index >= 15 is 0 Å². The van der Waals surface area contributed by atoms with E-state index in [1.807, 2.05) is 0 Å². The SMILES string of the molecule is Cc1c(Cl)cccc1NC(=O)CNC(=O)COC(=O)c1csc2c1CCCC2. The Kier molecular flexibility index (Phi) is 6.70. The van der Waals surface area contributed by atoms with Gasteiger partial charge < -0.3 is 15.4 Å². The van der Waals surface area contributed by atoms with Gasteiger partial charge in [-0.25, -0.2) is 4.79 Å². The van der Waals surface area contributed by atoms with Gasteiger partial charge in [0, 0.05) is 21.0 Å². The van der Waals surface area contributed by atoms with Crippen LogP contribution in [0.15, 0.2) is 23.6 Å². The van der Waals surface area contributed by atoms with Crippen molar-refractivity contribution in [2.45, 2.75) is 32.6 Å². The second kappa shape index (κ2) is 9.21. The number of hydrogen-bond acceptors (Lipinski definition) is 5. The molecule has 0 saturated heterocycles. The fourth-order valence-corrected chi connectivity index (χ4v) is 4.33. The van der Waals surface area contributed by atoms with Crippen LogP contribution in [-0.2, 0) is 27.2 Å².